The van der Waals surface area contributed by atoms with Crippen molar-refractivity contribution < 1.29 is 28.3 Å². The van der Waals surface area contributed by atoms with E-state index < -0.39 is 5.97 Å². The monoisotopic (exact) mass is 548 g/mol. The van der Waals surface area contributed by atoms with Crippen molar-refractivity contribution in [1.82, 2.24) is 15.0 Å². The van der Waals surface area contributed by atoms with Gasteiger partial charge in [-0.05, 0) is 44.1 Å². The first-order valence-corrected chi connectivity index (χ1v) is 12.2. The zero-order chi connectivity index (χ0) is 26.5. The van der Waals surface area contributed by atoms with Crippen molar-refractivity contribution in [3.8, 4) is 22.9 Å². The van der Waals surface area contributed by atoms with E-state index in [4.69, 9.17) is 41.9 Å². The van der Waals surface area contributed by atoms with Crippen LogP contribution in [-0.4, -0.2) is 61.3 Å². The molecule has 2 heterocycles. The summed E-state index contributed by atoms with van der Waals surface area (Å²) in [7, 11) is 4.22. The number of methoxy groups -OCH3 is 3. The summed E-state index contributed by atoms with van der Waals surface area (Å²) in [5.74, 6) is 0.579. The van der Waals surface area contributed by atoms with Gasteiger partial charge in [0.1, 0.15) is 0 Å². The van der Waals surface area contributed by atoms with Gasteiger partial charge in [0.25, 0.3) is 0 Å². The predicted molar refractivity (Wildman–Crippen MR) is 137 cm³/mol. The van der Waals surface area contributed by atoms with Crippen molar-refractivity contribution in [2.24, 2.45) is 5.92 Å². The molecule has 0 unspecified atom stereocenters. The second-order valence-electron chi connectivity index (χ2n) is 8.42. The number of likely N-dealkylation sites (tertiary alicyclic amines) is 1. The van der Waals surface area contributed by atoms with Gasteiger partial charge < -0.3 is 24.1 Å². The van der Waals surface area contributed by atoms with Crippen LogP contribution < -0.4 is 14.8 Å². The summed E-state index contributed by atoms with van der Waals surface area (Å²) in [6.07, 6.45) is 1.24. The quantitative estimate of drug-likeness (QED) is 0.399. The molecule has 0 radical (unpaired) electrons. The molecule has 1 saturated heterocycles. The Balaban J connectivity index is 1.37. The number of carbonyl (C=O) groups is 2. The van der Waals surface area contributed by atoms with E-state index in [0.717, 1.165) is 0 Å². The number of aromatic nitrogens is 2. The Morgan fingerprint density at radius 1 is 1.08 bits per heavy atom. The summed E-state index contributed by atoms with van der Waals surface area (Å²) in [4.78, 5) is 31.9. The number of halogens is 2. The Hall–Kier alpha value is -3.34. The van der Waals surface area contributed by atoms with Crippen LogP contribution in [0.1, 0.15) is 29.1 Å². The second-order valence-corrected chi connectivity index (χ2v) is 9.26. The molecule has 37 heavy (non-hydrogen) atoms. The lowest BCUT2D eigenvalue weighted by molar-refractivity contribution is -0.121. The van der Waals surface area contributed by atoms with Crippen molar-refractivity contribution in [3.63, 3.8) is 0 Å². The van der Waals surface area contributed by atoms with Crippen LogP contribution in [-0.2, 0) is 16.1 Å². The molecule has 0 aliphatic carbocycles. The lowest BCUT2D eigenvalue weighted by Gasteiger charge is -2.30. The number of ether oxygens (including phenoxy) is 3. The van der Waals surface area contributed by atoms with Crippen LogP contribution in [0.4, 0.5) is 5.69 Å². The molecule has 4 rings (SSSR count). The number of anilines is 1. The normalized spacial score (nSPS) is 14.3. The highest BCUT2D eigenvalue weighted by atomic mass is 35.5. The first kappa shape index (κ1) is 26.7. The van der Waals surface area contributed by atoms with E-state index in [2.05, 4.69) is 20.4 Å². The van der Waals surface area contributed by atoms with Gasteiger partial charge in [0, 0.05) is 28.6 Å². The molecule has 1 aromatic heterocycles. The molecule has 0 saturated carbocycles. The molecule has 10 nitrogen and oxygen atoms in total. The molecule has 1 aliphatic rings. The van der Waals surface area contributed by atoms with Crippen molar-refractivity contribution in [1.29, 1.82) is 0 Å². The molecule has 1 amide bonds. The number of piperidine rings is 1. The molecule has 196 valence electrons. The summed E-state index contributed by atoms with van der Waals surface area (Å²) in [5, 5.41) is 7.85. The third kappa shape index (κ3) is 6.15. The average molecular weight is 549 g/mol. The molecule has 1 aliphatic heterocycles. The maximum atomic E-state index is 13.0. The minimum absolute atomic E-state index is 0.180. The van der Waals surface area contributed by atoms with Crippen molar-refractivity contribution >= 4 is 40.8 Å². The predicted octanol–water partition coefficient (Wildman–Crippen LogP) is 4.70. The smallest absolute Gasteiger partial charge is 0.340 e. The summed E-state index contributed by atoms with van der Waals surface area (Å²) in [5.41, 5.74) is 1.12. The van der Waals surface area contributed by atoms with Gasteiger partial charge in [-0.25, -0.2) is 4.79 Å². The topological polar surface area (TPSA) is 116 Å². The molecule has 1 fully saturated rings. The van der Waals surface area contributed by atoms with Gasteiger partial charge in [0.15, 0.2) is 11.5 Å². The van der Waals surface area contributed by atoms with Crippen LogP contribution in [0, 0.1) is 5.92 Å². The van der Waals surface area contributed by atoms with E-state index >= 15 is 0 Å². The van der Waals surface area contributed by atoms with Crippen LogP contribution >= 0.6 is 23.2 Å². The lowest BCUT2D eigenvalue weighted by atomic mass is 9.95. The van der Waals surface area contributed by atoms with Gasteiger partial charge in [-0.2, -0.15) is 4.98 Å². The fourth-order valence-electron chi connectivity index (χ4n) is 4.14. The SMILES string of the molecule is COC(=O)c1cc(OC)c(OC)cc1NC(=O)C1CCN(Cc2nc(-c3ccc(Cl)cc3Cl)no2)CC1. The maximum Gasteiger partial charge on any atom is 0.340 e. The third-order valence-electron chi connectivity index (χ3n) is 6.14. The van der Waals surface area contributed by atoms with Gasteiger partial charge in [-0.1, -0.05) is 28.4 Å². The van der Waals surface area contributed by atoms with E-state index in [1.807, 2.05) is 0 Å². The van der Waals surface area contributed by atoms with E-state index in [-0.39, 0.29) is 17.4 Å². The number of nitrogens with zero attached hydrogens (tertiary/aromatic N) is 3. The fourth-order valence-corrected chi connectivity index (χ4v) is 4.63. The molecule has 12 heteroatoms. The number of nitrogens with one attached hydrogen (secondary N) is 1. The van der Waals surface area contributed by atoms with Crippen molar-refractivity contribution in [3.05, 3.63) is 51.8 Å². The molecular weight excluding hydrogens is 523 g/mol. The molecular formula is C25H26Cl2N4O6. The van der Waals surface area contributed by atoms with Crippen molar-refractivity contribution in [2.75, 3.05) is 39.7 Å². The van der Waals surface area contributed by atoms with Gasteiger partial charge in [0.2, 0.25) is 17.6 Å². The zero-order valence-corrected chi connectivity index (χ0v) is 22.1. The molecule has 1 N–H and O–H groups in total. The molecule has 0 bridgehead atoms. The third-order valence-corrected chi connectivity index (χ3v) is 6.69. The van der Waals surface area contributed by atoms with E-state index in [9.17, 15) is 9.59 Å². The second kappa shape index (κ2) is 11.8. The van der Waals surface area contributed by atoms with Gasteiger partial charge in [-0.3, -0.25) is 9.69 Å². The molecule has 3 aromatic rings. The highest BCUT2D eigenvalue weighted by molar-refractivity contribution is 6.36. The largest absolute Gasteiger partial charge is 0.493 e. The minimum atomic E-state index is -0.593. The molecule has 0 spiro atoms. The number of benzene rings is 2. The van der Waals surface area contributed by atoms with Crippen LogP contribution in [0.25, 0.3) is 11.4 Å². The highest BCUT2D eigenvalue weighted by Crippen LogP contribution is 2.34. The number of hydrogen-bond acceptors (Lipinski definition) is 9. The summed E-state index contributed by atoms with van der Waals surface area (Å²) < 4.78 is 20.9. The van der Waals surface area contributed by atoms with Crippen LogP contribution in [0.3, 0.4) is 0 Å². The summed E-state index contributed by atoms with van der Waals surface area (Å²) in [6, 6.07) is 8.12. The number of amides is 1. The average Bonchev–Trinajstić information content (AvgIpc) is 3.36. The number of carbonyl (C=O) groups excluding carboxylic acids is 2. The van der Waals surface area contributed by atoms with Gasteiger partial charge in [-0.15, -0.1) is 0 Å². The summed E-state index contributed by atoms with van der Waals surface area (Å²) >= 11 is 12.2. The first-order valence-electron chi connectivity index (χ1n) is 11.5. The Morgan fingerprint density at radius 2 is 1.78 bits per heavy atom. The highest BCUT2D eigenvalue weighted by Gasteiger charge is 2.28. The maximum absolute atomic E-state index is 13.0. The Bertz CT molecular complexity index is 1290. The van der Waals surface area contributed by atoms with E-state index in [0.29, 0.717) is 77.0 Å². The standard InChI is InChI=1S/C25H26Cl2N4O6/c1-34-20-11-17(25(33)36-3)19(12-21(20)35-2)28-24(32)14-6-8-31(9-7-14)13-22-29-23(30-37-22)16-5-4-15(26)10-18(16)27/h4-5,10-12,14H,6-9,13H2,1-3H3,(H,28,32). The number of rotatable bonds is 8. The summed E-state index contributed by atoms with van der Waals surface area (Å²) in [6.45, 7) is 1.77. The Labute approximate surface area is 223 Å². The first-order chi connectivity index (χ1) is 17.8. The Kier molecular flexibility index (Phi) is 8.52. The van der Waals surface area contributed by atoms with Crippen LogP contribution in [0.15, 0.2) is 34.9 Å². The Morgan fingerprint density at radius 3 is 2.43 bits per heavy atom. The zero-order valence-electron chi connectivity index (χ0n) is 20.5. The number of hydrogen-bond donors (Lipinski definition) is 1. The molecule has 2 aromatic carbocycles. The number of esters is 1. The van der Waals surface area contributed by atoms with Crippen molar-refractivity contribution in [2.45, 2.75) is 19.4 Å². The molecule has 0 atom stereocenters. The van der Waals surface area contributed by atoms with Gasteiger partial charge in [0.05, 0.1) is 44.1 Å². The lowest BCUT2D eigenvalue weighted by Crippen LogP contribution is -2.38. The fraction of sp³-hybridized carbons (Fsp3) is 0.360. The van der Waals surface area contributed by atoms with E-state index in [1.54, 1.807) is 24.3 Å². The van der Waals surface area contributed by atoms with Gasteiger partial charge >= 0.3 is 5.97 Å². The minimum Gasteiger partial charge on any atom is -0.493 e. The van der Waals surface area contributed by atoms with Crippen LogP contribution in [0.5, 0.6) is 11.5 Å². The van der Waals surface area contributed by atoms with E-state index in [1.165, 1.54) is 27.4 Å². The van der Waals surface area contributed by atoms with Crippen LogP contribution in [0.2, 0.25) is 10.0 Å².